The third-order valence-corrected chi connectivity index (χ3v) is 43.6. The van der Waals surface area contributed by atoms with E-state index in [1.165, 1.54) is 83.1 Å². The van der Waals surface area contributed by atoms with Crippen molar-refractivity contribution in [2.24, 2.45) is 88.8 Å². The van der Waals surface area contributed by atoms with Gasteiger partial charge in [-0.3, -0.25) is 0 Å². The monoisotopic (exact) mass is 996 g/mol. The number of hydrogen-bond acceptors (Lipinski definition) is 10. The number of ether oxygens (including phenoxy) is 5. The minimum atomic E-state index is -3.09. The van der Waals surface area contributed by atoms with Crippen molar-refractivity contribution in [3.8, 4) is 0 Å². The van der Waals surface area contributed by atoms with Gasteiger partial charge in [0.25, 0.3) is 0 Å². The van der Waals surface area contributed by atoms with Gasteiger partial charge in [0, 0.05) is 0 Å². The first-order chi connectivity index (χ1) is 31.6. The molecule has 66 heavy (non-hydrogen) atoms. The molecule has 29 unspecified atom stereocenters. The molecule has 15 rings (SSSR count). The highest BCUT2D eigenvalue weighted by Crippen LogP contribution is 2.64. The quantitative estimate of drug-likeness (QED) is 0.0784. The van der Waals surface area contributed by atoms with Crippen LogP contribution in [-0.4, -0.2) is 108 Å². The number of rotatable bonds is 23. The Morgan fingerprint density at radius 1 is 0.333 bits per heavy atom. The summed E-state index contributed by atoms with van der Waals surface area (Å²) in [5, 5.41) is 0. The van der Waals surface area contributed by atoms with E-state index in [0.717, 1.165) is 96.7 Å². The molecule has 10 nitrogen and oxygen atoms in total. The van der Waals surface area contributed by atoms with E-state index in [0.29, 0.717) is 96.5 Å². The molecule has 0 spiro atoms. The topological polar surface area (TPSA) is 120 Å². The lowest BCUT2D eigenvalue weighted by Gasteiger charge is -2.46. The Labute approximate surface area is 401 Å². The van der Waals surface area contributed by atoms with Gasteiger partial charge < -0.3 is 44.9 Å². The summed E-state index contributed by atoms with van der Waals surface area (Å²) in [6.45, 7) is 14.5. The third kappa shape index (κ3) is 7.69. The van der Waals surface area contributed by atoms with Crippen molar-refractivity contribution in [2.75, 3.05) is 0 Å². The van der Waals surface area contributed by atoms with E-state index in [1.54, 1.807) is 0 Å². The van der Waals surface area contributed by atoms with Crippen LogP contribution in [0, 0.1) is 88.8 Å². The van der Waals surface area contributed by atoms with E-state index in [4.69, 9.17) is 40.1 Å². The van der Waals surface area contributed by atoms with Crippen molar-refractivity contribution in [1.82, 2.24) is 0 Å². The zero-order chi connectivity index (χ0) is 44.4. The second-order valence-electron chi connectivity index (χ2n) is 28.0. The van der Waals surface area contributed by atoms with E-state index < -0.39 is 42.6 Å². The minimum absolute atomic E-state index is 0.504. The molecule has 0 amide bonds. The van der Waals surface area contributed by atoms with Gasteiger partial charge in [0.2, 0.25) is 0 Å². The van der Waals surface area contributed by atoms with E-state index >= 15 is 0 Å². The van der Waals surface area contributed by atoms with Gasteiger partial charge >= 0.3 is 34.2 Å². The van der Waals surface area contributed by atoms with Crippen molar-refractivity contribution >= 4 is 42.6 Å². The van der Waals surface area contributed by atoms with Gasteiger partial charge in [-0.25, -0.2) is 0 Å². The Morgan fingerprint density at radius 2 is 0.606 bits per heavy atom. The summed E-state index contributed by atoms with van der Waals surface area (Å²) in [5.41, 5.74) is 0. The highest BCUT2D eigenvalue weighted by atomic mass is 28.5. The smallest absolute Gasteiger partial charge is 0.323 e. The average molecular weight is 998 g/mol. The minimum Gasteiger partial charge on any atom is -0.436 e. The lowest BCUT2D eigenvalue weighted by atomic mass is 9.87. The Bertz CT molecular complexity index is 1840. The molecule has 15 fully saturated rings. The molecule has 10 saturated carbocycles. The maximum atomic E-state index is 12.6. The average Bonchev–Trinajstić information content (AvgIpc) is 4.26. The summed E-state index contributed by atoms with van der Waals surface area (Å²) in [6, 6.07) is 4.97. The summed E-state index contributed by atoms with van der Waals surface area (Å²) in [6.07, 6.45) is 24.7. The molecule has 0 radical (unpaired) electrons. The maximum Gasteiger partial charge on any atom is 0.323 e. The second kappa shape index (κ2) is 15.2. The van der Waals surface area contributed by atoms with Crippen LogP contribution in [-0.2, 0) is 40.1 Å². The fourth-order valence-corrected chi connectivity index (χ4v) is 45.3. The van der Waals surface area contributed by atoms with Crippen LogP contribution in [0.15, 0.2) is 0 Å². The molecule has 0 aromatic carbocycles. The van der Waals surface area contributed by atoms with E-state index in [9.17, 15) is 4.80 Å². The molecule has 15 heteroatoms. The Balaban J connectivity index is 0.704. The summed E-state index contributed by atoms with van der Waals surface area (Å²) in [7, 11) is -13.9. The fourth-order valence-electron chi connectivity index (χ4n) is 20.1. The Morgan fingerprint density at radius 3 is 0.909 bits per heavy atom. The molecule has 0 aromatic heterocycles. The standard InChI is InChI=1S/C51H84O10Si5/c1-62(2,12-7-27-17-32-22-37(27)47-42(32)53-47)58-64(4,14-9-29-19-34-24-39(29)49-44(34)55-49)60-66(6,16-11-31-21-36-26-41(31)51-46(36)57-51)61-65(5,15-10-30-20-35-25-40(30)50-45(35)56-50)59-63(3,52)13-8-28-18-33-23-38(28)48-43(33)54-48/h27-52H,7-26H2,1-6H3. The lowest BCUT2D eigenvalue weighted by Crippen LogP contribution is -2.62. The highest BCUT2D eigenvalue weighted by Gasteiger charge is 2.68. The normalized spacial score (nSPS) is 55.8. The Hall–Kier alpha value is 0.684. The fraction of sp³-hybridized carbons (Fsp3) is 1.00. The first-order valence-electron chi connectivity index (χ1n) is 28.4. The van der Waals surface area contributed by atoms with Crippen LogP contribution in [0.2, 0.25) is 69.5 Å². The number of epoxide rings is 5. The number of hydrogen-bond donors (Lipinski definition) is 1. The van der Waals surface area contributed by atoms with Crippen molar-refractivity contribution < 1.29 is 44.9 Å². The molecule has 5 saturated heterocycles. The molecule has 5 aliphatic heterocycles. The molecule has 15 aliphatic rings. The van der Waals surface area contributed by atoms with Gasteiger partial charge in [0.15, 0.2) is 8.32 Å². The van der Waals surface area contributed by atoms with Gasteiger partial charge in [-0.2, -0.15) is 0 Å². The summed E-state index contributed by atoms with van der Waals surface area (Å²) >= 11 is 0. The zero-order valence-corrected chi connectivity index (χ0v) is 46.2. The van der Waals surface area contributed by atoms with Crippen LogP contribution in [0.3, 0.4) is 0 Å². The first-order valence-corrected chi connectivity index (χ1v) is 41.6. The van der Waals surface area contributed by atoms with Crippen LogP contribution in [0.25, 0.3) is 0 Å². The molecular formula is C51H84O10Si5. The number of fused-ring (bicyclic) bond motifs is 25. The van der Waals surface area contributed by atoms with Gasteiger partial charge in [-0.05, 0) is 248 Å². The van der Waals surface area contributed by atoms with Gasteiger partial charge in [-0.15, -0.1) is 0 Å². The van der Waals surface area contributed by atoms with Gasteiger partial charge in [0.1, 0.15) is 0 Å². The molecule has 10 bridgehead atoms. The largest absolute Gasteiger partial charge is 0.436 e. The molecule has 10 aliphatic carbocycles. The third-order valence-electron chi connectivity index (χ3n) is 23.0. The molecular weight excluding hydrogens is 913 g/mol. The van der Waals surface area contributed by atoms with E-state index in [2.05, 4.69) is 39.3 Å². The molecule has 0 aromatic rings. The maximum absolute atomic E-state index is 12.6. The van der Waals surface area contributed by atoms with E-state index in [1.807, 2.05) is 0 Å². The molecule has 5 heterocycles. The predicted octanol–water partition coefficient (Wildman–Crippen LogP) is 9.61. The summed E-state index contributed by atoms with van der Waals surface area (Å²) < 4.78 is 62.5. The first kappa shape index (κ1) is 44.2. The summed E-state index contributed by atoms with van der Waals surface area (Å²) in [4.78, 5) is 12.6. The highest BCUT2D eigenvalue weighted by molar-refractivity contribution is 6.91. The van der Waals surface area contributed by atoms with Crippen molar-refractivity contribution in [1.29, 1.82) is 0 Å². The molecule has 1 N–H and O–H groups in total. The molecule has 29 atom stereocenters. The SMILES string of the molecule is C[Si](C)(CCC1CC2CC1C1OC21)O[Si](C)(CCC1CC2CC1C1OC21)O[Si](C)(CCC1CC2CC1C1OC21)O[Si](C)(CCC1CC2CC1C1OC21)O[Si](C)(O)CCC1CC2CC1C1OC21. The van der Waals surface area contributed by atoms with Crippen molar-refractivity contribution in [2.45, 2.75) is 227 Å². The Kier molecular flexibility index (Phi) is 10.1. The van der Waals surface area contributed by atoms with Crippen LogP contribution in [0.4, 0.5) is 0 Å². The lowest BCUT2D eigenvalue weighted by molar-refractivity contribution is 0.230. The molecule has 368 valence electrons. The second-order valence-corrected chi connectivity index (χ2v) is 46.5. The van der Waals surface area contributed by atoms with E-state index in [-0.39, 0.29) is 0 Å². The van der Waals surface area contributed by atoms with Crippen molar-refractivity contribution in [3.05, 3.63) is 0 Å². The van der Waals surface area contributed by atoms with Crippen molar-refractivity contribution in [3.63, 3.8) is 0 Å². The summed E-state index contributed by atoms with van der Waals surface area (Å²) in [5.74, 6) is 11.1. The van der Waals surface area contributed by atoms with Crippen LogP contribution in [0.5, 0.6) is 0 Å². The van der Waals surface area contributed by atoms with Crippen LogP contribution in [0.1, 0.15) is 96.3 Å². The zero-order valence-electron chi connectivity index (χ0n) is 41.2. The van der Waals surface area contributed by atoms with Crippen LogP contribution < -0.4 is 0 Å². The van der Waals surface area contributed by atoms with Gasteiger partial charge in [-0.1, -0.05) is 6.42 Å². The predicted molar refractivity (Wildman–Crippen MR) is 259 cm³/mol. The van der Waals surface area contributed by atoms with Gasteiger partial charge in [0.05, 0.1) is 61.0 Å². The van der Waals surface area contributed by atoms with Crippen LogP contribution >= 0.6 is 0 Å².